The van der Waals surface area contributed by atoms with E-state index < -0.39 is 0 Å². The van der Waals surface area contributed by atoms with Gasteiger partial charge in [0.15, 0.2) is 17.5 Å². The van der Waals surface area contributed by atoms with E-state index in [2.05, 4.69) is 10.3 Å². The number of anilines is 1. The molecule has 0 aliphatic rings. The number of hydrogen-bond donors (Lipinski definition) is 3. The average Bonchev–Trinajstić information content (AvgIpc) is 2.48. The molecule has 6 heteroatoms. The Balaban J connectivity index is 0.00000264. The molecule has 2 aromatic carbocycles. The number of nitrogens with zero attached hydrogens (tertiary/aromatic N) is 1. The van der Waals surface area contributed by atoms with Gasteiger partial charge in [-0.1, -0.05) is 18.2 Å². The average molecular weight is 427 g/mol. The summed E-state index contributed by atoms with van der Waals surface area (Å²) in [5.74, 6) is 0.928. The summed E-state index contributed by atoms with van der Waals surface area (Å²) in [5, 5.41) is 12.7. The van der Waals surface area contributed by atoms with E-state index in [-0.39, 0.29) is 29.7 Å². The fourth-order valence-electron chi connectivity index (χ4n) is 2.01. The Morgan fingerprint density at radius 2 is 2.04 bits per heavy atom. The topological polar surface area (TPSA) is 79.9 Å². The molecule has 0 amide bonds. The molecule has 0 aliphatic heterocycles. The Hall–Kier alpha value is -1.96. The van der Waals surface area contributed by atoms with Crippen molar-refractivity contribution in [3.63, 3.8) is 0 Å². The fourth-order valence-corrected chi connectivity index (χ4v) is 2.01. The first-order valence-electron chi connectivity index (χ1n) is 7.16. The highest BCUT2D eigenvalue weighted by molar-refractivity contribution is 14.0. The largest absolute Gasteiger partial charge is 0.504 e. The molecule has 4 N–H and O–H groups in total. The number of rotatable bonds is 5. The number of aryl methyl sites for hydroxylation is 1. The van der Waals surface area contributed by atoms with E-state index in [0.29, 0.717) is 24.9 Å². The van der Waals surface area contributed by atoms with Gasteiger partial charge in [0.1, 0.15) is 0 Å². The second kappa shape index (κ2) is 9.24. The van der Waals surface area contributed by atoms with E-state index in [9.17, 15) is 5.11 Å². The van der Waals surface area contributed by atoms with Gasteiger partial charge in [0.2, 0.25) is 0 Å². The maximum Gasteiger partial charge on any atom is 0.193 e. The normalized spacial score (nSPS) is 10.8. The van der Waals surface area contributed by atoms with E-state index in [1.165, 1.54) is 0 Å². The van der Waals surface area contributed by atoms with Crippen LogP contribution >= 0.6 is 24.0 Å². The van der Waals surface area contributed by atoms with Crippen molar-refractivity contribution >= 4 is 35.6 Å². The molecule has 0 unspecified atom stereocenters. The molecular formula is C17H22IN3O2. The Morgan fingerprint density at radius 3 is 2.74 bits per heavy atom. The number of aliphatic imine (C=N–C) groups is 1. The van der Waals surface area contributed by atoms with Crippen LogP contribution in [0.15, 0.2) is 47.5 Å². The van der Waals surface area contributed by atoms with Gasteiger partial charge in [0.05, 0.1) is 13.2 Å². The first-order chi connectivity index (χ1) is 10.6. The summed E-state index contributed by atoms with van der Waals surface area (Å²) in [4.78, 5) is 4.30. The van der Waals surface area contributed by atoms with Gasteiger partial charge in [-0.15, -0.1) is 24.0 Å². The highest BCUT2D eigenvalue weighted by atomic mass is 127. The fraction of sp³-hybridized carbons (Fsp3) is 0.235. The van der Waals surface area contributed by atoms with Crippen LogP contribution in [0.4, 0.5) is 5.69 Å². The van der Waals surface area contributed by atoms with Crippen LogP contribution in [0.3, 0.4) is 0 Å². The third-order valence-electron chi connectivity index (χ3n) is 3.05. The molecule has 0 spiro atoms. The molecule has 0 saturated carbocycles. The van der Waals surface area contributed by atoms with E-state index in [4.69, 9.17) is 10.5 Å². The molecule has 23 heavy (non-hydrogen) atoms. The Bertz CT molecular complexity index is 675. The summed E-state index contributed by atoms with van der Waals surface area (Å²) < 4.78 is 5.35. The Morgan fingerprint density at radius 1 is 1.26 bits per heavy atom. The third kappa shape index (κ3) is 5.97. The van der Waals surface area contributed by atoms with Gasteiger partial charge in [-0.25, -0.2) is 4.99 Å². The van der Waals surface area contributed by atoms with Gasteiger partial charge in [0.25, 0.3) is 0 Å². The zero-order valence-electron chi connectivity index (χ0n) is 13.2. The number of halogens is 1. The van der Waals surface area contributed by atoms with Crippen molar-refractivity contribution in [3.05, 3.63) is 53.6 Å². The van der Waals surface area contributed by atoms with E-state index in [0.717, 1.165) is 16.8 Å². The minimum absolute atomic E-state index is 0. The zero-order chi connectivity index (χ0) is 15.9. The lowest BCUT2D eigenvalue weighted by Crippen LogP contribution is -2.22. The van der Waals surface area contributed by atoms with Crippen LogP contribution in [-0.4, -0.2) is 17.7 Å². The predicted octanol–water partition coefficient (Wildman–Crippen LogP) is 3.64. The van der Waals surface area contributed by atoms with Gasteiger partial charge in [0, 0.05) is 5.69 Å². The predicted molar refractivity (Wildman–Crippen MR) is 105 cm³/mol. The molecule has 124 valence electrons. The van der Waals surface area contributed by atoms with Crippen molar-refractivity contribution in [3.8, 4) is 11.5 Å². The summed E-state index contributed by atoms with van der Waals surface area (Å²) in [7, 11) is 0. The Labute approximate surface area is 153 Å². The quantitative estimate of drug-likeness (QED) is 0.387. The van der Waals surface area contributed by atoms with E-state index in [1.54, 1.807) is 18.2 Å². The minimum Gasteiger partial charge on any atom is -0.504 e. The lowest BCUT2D eigenvalue weighted by molar-refractivity contribution is 0.318. The highest BCUT2D eigenvalue weighted by Crippen LogP contribution is 2.27. The van der Waals surface area contributed by atoms with Crippen molar-refractivity contribution in [1.29, 1.82) is 0 Å². The molecule has 0 aromatic heterocycles. The molecule has 0 heterocycles. The second-order valence-corrected chi connectivity index (χ2v) is 4.93. The van der Waals surface area contributed by atoms with Gasteiger partial charge in [-0.05, 0) is 49.2 Å². The highest BCUT2D eigenvalue weighted by Gasteiger charge is 2.03. The summed E-state index contributed by atoms with van der Waals surface area (Å²) >= 11 is 0. The molecule has 0 saturated heterocycles. The van der Waals surface area contributed by atoms with Gasteiger partial charge in [-0.3, -0.25) is 0 Å². The maximum atomic E-state index is 9.67. The SMILES string of the molecule is CCOc1cc(CN=C(N)Nc2cccc(C)c2)ccc1O.I. The van der Waals surface area contributed by atoms with E-state index in [1.807, 2.05) is 38.1 Å². The number of nitrogens with two attached hydrogens (primary N) is 1. The summed E-state index contributed by atoms with van der Waals surface area (Å²) in [6.07, 6.45) is 0. The van der Waals surface area contributed by atoms with Crippen LogP contribution < -0.4 is 15.8 Å². The molecule has 0 fully saturated rings. The maximum absolute atomic E-state index is 9.67. The van der Waals surface area contributed by atoms with Crippen molar-refractivity contribution in [1.82, 2.24) is 0 Å². The molecule has 0 atom stereocenters. The van der Waals surface area contributed by atoms with Gasteiger partial charge < -0.3 is 20.9 Å². The number of benzene rings is 2. The number of phenols is 1. The van der Waals surface area contributed by atoms with E-state index >= 15 is 0 Å². The van der Waals surface area contributed by atoms with Crippen molar-refractivity contribution in [2.45, 2.75) is 20.4 Å². The van der Waals surface area contributed by atoms with Crippen LogP contribution in [0.5, 0.6) is 11.5 Å². The third-order valence-corrected chi connectivity index (χ3v) is 3.05. The molecule has 0 bridgehead atoms. The number of phenolic OH excluding ortho intramolecular Hbond substituents is 1. The van der Waals surface area contributed by atoms with Crippen LogP contribution in [0.25, 0.3) is 0 Å². The molecule has 2 rings (SSSR count). The van der Waals surface area contributed by atoms with Crippen molar-refractivity contribution < 1.29 is 9.84 Å². The zero-order valence-corrected chi connectivity index (χ0v) is 15.6. The molecule has 2 aromatic rings. The number of guanidine groups is 1. The smallest absolute Gasteiger partial charge is 0.193 e. The van der Waals surface area contributed by atoms with Gasteiger partial charge >= 0.3 is 0 Å². The molecule has 0 aliphatic carbocycles. The number of aromatic hydroxyl groups is 1. The van der Waals surface area contributed by atoms with Crippen molar-refractivity contribution in [2.24, 2.45) is 10.7 Å². The summed E-state index contributed by atoms with van der Waals surface area (Å²) in [6, 6.07) is 13.1. The first kappa shape index (κ1) is 19.1. The number of ether oxygens (including phenoxy) is 1. The minimum atomic E-state index is 0. The summed E-state index contributed by atoms with van der Waals surface area (Å²) in [5.41, 5.74) is 8.86. The summed E-state index contributed by atoms with van der Waals surface area (Å²) in [6.45, 7) is 4.79. The molecule has 5 nitrogen and oxygen atoms in total. The number of hydrogen-bond acceptors (Lipinski definition) is 3. The standard InChI is InChI=1S/C17H21N3O2.HI/c1-3-22-16-10-13(7-8-15(16)21)11-19-17(18)20-14-6-4-5-12(2)9-14;/h4-10,21H,3,11H2,1-2H3,(H3,18,19,20);1H. The van der Waals surface area contributed by atoms with Crippen LogP contribution in [0.2, 0.25) is 0 Å². The molecular weight excluding hydrogens is 405 g/mol. The lowest BCUT2D eigenvalue weighted by atomic mass is 10.2. The lowest BCUT2D eigenvalue weighted by Gasteiger charge is -2.08. The van der Waals surface area contributed by atoms with Crippen LogP contribution in [-0.2, 0) is 6.54 Å². The van der Waals surface area contributed by atoms with Crippen LogP contribution in [0.1, 0.15) is 18.1 Å². The Kier molecular flexibility index (Phi) is 7.67. The first-order valence-corrected chi connectivity index (χ1v) is 7.16. The second-order valence-electron chi connectivity index (χ2n) is 4.93. The molecule has 0 radical (unpaired) electrons. The van der Waals surface area contributed by atoms with Crippen molar-refractivity contribution in [2.75, 3.05) is 11.9 Å². The monoisotopic (exact) mass is 427 g/mol. The number of nitrogens with one attached hydrogen (secondary N) is 1. The van der Waals surface area contributed by atoms with Gasteiger partial charge in [-0.2, -0.15) is 0 Å². The van der Waals surface area contributed by atoms with Crippen LogP contribution in [0, 0.1) is 6.92 Å².